The average molecular weight is 427 g/mol. The van der Waals surface area contributed by atoms with E-state index in [4.69, 9.17) is 0 Å². The van der Waals surface area contributed by atoms with Crippen molar-refractivity contribution in [3.8, 4) is 0 Å². The molecule has 1 aliphatic heterocycles. The van der Waals surface area contributed by atoms with Crippen LogP contribution in [0.2, 0.25) is 0 Å². The van der Waals surface area contributed by atoms with E-state index in [2.05, 4.69) is 38.1 Å². The third-order valence-electron chi connectivity index (χ3n) is 4.47. The summed E-state index contributed by atoms with van der Waals surface area (Å²) in [7, 11) is -3.47. The lowest BCUT2D eigenvalue weighted by atomic mass is 10.2. The molecule has 0 saturated carbocycles. The summed E-state index contributed by atoms with van der Waals surface area (Å²) in [6.07, 6.45) is 1.64. The Labute approximate surface area is 157 Å². The topological polar surface area (TPSA) is 58.4 Å². The van der Waals surface area contributed by atoms with E-state index in [0.29, 0.717) is 30.2 Å². The van der Waals surface area contributed by atoms with Crippen LogP contribution in [0.15, 0.2) is 39.8 Å². The molecule has 0 bridgehead atoms. The van der Waals surface area contributed by atoms with E-state index < -0.39 is 10.0 Å². The molecule has 0 aliphatic carbocycles. The number of sulfonamides is 1. The quantitative estimate of drug-likeness (QED) is 0.736. The van der Waals surface area contributed by atoms with Gasteiger partial charge in [-0.05, 0) is 31.5 Å². The molecule has 25 heavy (non-hydrogen) atoms. The van der Waals surface area contributed by atoms with Gasteiger partial charge in [0.25, 0.3) is 0 Å². The Kier molecular flexibility index (Phi) is 5.62. The molecule has 0 spiro atoms. The summed E-state index contributed by atoms with van der Waals surface area (Å²) in [4.78, 5) is 2.62. The van der Waals surface area contributed by atoms with Gasteiger partial charge in [0.2, 0.25) is 10.0 Å². The monoisotopic (exact) mass is 426 g/mol. The summed E-state index contributed by atoms with van der Waals surface area (Å²) in [6.45, 7) is 7.67. The van der Waals surface area contributed by atoms with E-state index in [1.807, 2.05) is 19.1 Å². The van der Waals surface area contributed by atoms with Gasteiger partial charge in [0.15, 0.2) is 0 Å². The SMILES string of the molecule is CCn1cc(S(=O)(=O)N2CCN(Cc3cccc(Br)c3)CC2)c(C)n1. The Hall–Kier alpha value is -1.22. The zero-order valence-electron chi connectivity index (χ0n) is 14.5. The Morgan fingerprint density at radius 2 is 1.92 bits per heavy atom. The molecule has 0 radical (unpaired) electrons. The highest BCUT2D eigenvalue weighted by Gasteiger charge is 2.31. The molecule has 2 aromatic rings. The van der Waals surface area contributed by atoms with Crippen LogP contribution in [0.3, 0.4) is 0 Å². The molecule has 0 unspecified atom stereocenters. The molecule has 1 fully saturated rings. The van der Waals surface area contributed by atoms with Gasteiger partial charge in [-0.15, -0.1) is 0 Å². The zero-order chi connectivity index (χ0) is 18.0. The van der Waals surface area contributed by atoms with Crippen molar-refractivity contribution in [2.45, 2.75) is 31.8 Å². The van der Waals surface area contributed by atoms with Crippen molar-refractivity contribution in [1.82, 2.24) is 19.0 Å². The molecule has 2 heterocycles. The van der Waals surface area contributed by atoms with Crippen LogP contribution in [0.25, 0.3) is 0 Å². The fourth-order valence-electron chi connectivity index (χ4n) is 3.08. The van der Waals surface area contributed by atoms with Crippen molar-refractivity contribution >= 4 is 26.0 Å². The highest BCUT2D eigenvalue weighted by Crippen LogP contribution is 2.21. The van der Waals surface area contributed by atoms with E-state index in [1.165, 1.54) is 5.56 Å². The van der Waals surface area contributed by atoms with Gasteiger partial charge >= 0.3 is 0 Å². The van der Waals surface area contributed by atoms with Crippen molar-refractivity contribution in [3.05, 3.63) is 46.2 Å². The van der Waals surface area contributed by atoms with Crippen LogP contribution in [0.5, 0.6) is 0 Å². The summed E-state index contributed by atoms with van der Waals surface area (Å²) in [6, 6.07) is 8.23. The highest BCUT2D eigenvalue weighted by atomic mass is 79.9. The molecule has 0 amide bonds. The number of halogens is 1. The van der Waals surface area contributed by atoms with Gasteiger partial charge in [-0.3, -0.25) is 9.58 Å². The van der Waals surface area contributed by atoms with Gasteiger partial charge in [0.1, 0.15) is 4.90 Å². The first-order valence-electron chi connectivity index (χ1n) is 8.41. The second-order valence-electron chi connectivity index (χ2n) is 6.24. The minimum atomic E-state index is -3.47. The Morgan fingerprint density at radius 1 is 1.20 bits per heavy atom. The number of hydrogen-bond donors (Lipinski definition) is 0. The molecular formula is C17H23BrN4O2S. The van der Waals surface area contributed by atoms with Crippen LogP contribution in [0, 0.1) is 6.92 Å². The maximum absolute atomic E-state index is 12.9. The lowest BCUT2D eigenvalue weighted by molar-refractivity contribution is 0.181. The molecule has 6 nitrogen and oxygen atoms in total. The number of aromatic nitrogens is 2. The Balaban J connectivity index is 1.66. The minimum absolute atomic E-state index is 0.329. The zero-order valence-corrected chi connectivity index (χ0v) is 16.9. The van der Waals surface area contributed by atoms with E-state index in [-0.39, 0.29) is 0 Å². The van der Waals surface area contributed by atoms with Crippen LogP contribution in [0.4, 0.5) is 0 Å². The average Bonchev–Trinajstić information content (AvgIpc) is 2.97. The number of hydrogen-bond acceptors (Lipinski definition) is 4. The molecule has 8 heteroatoms. The molecular weight excluding hydrogens is 404 g/mol. The third kappa shape index (κ3) is 4.13. The summed E-state index contributed by atoms with van der Waals surface area (Å²) in [5.74, 6) is 0. The summed E-state index contributed by atoms with van der Waals surface area (Å²) >= 11 is 3.49. The van der Waals surface area contributed by atoms with Crippen molar-refractivity contribution in [2.75, 3.05) is 26.2 Å². The molecule has 3 rings (SSSR count). The van der Waals surface area contributed by atoms with Crippen molar-refractivity contribution in [3.63, 3.8) is 0 Å². The van der Waals surface area contributed by atoms with Crippen molar-refractivity contribution in [1.29, 1.82) is 0 Å². The van der Waals surface area contributed by atoms with E-state index in [1.54, 1.807) is 22.1 Å². The first-order valence-corrected chi connectivity index (χ1v) is 10.6. The summed E-state index contributed by atoms with van der Waals surface area (Å²) in [5.41, 5.74) is 1.80. The largest absolute Gasteiger partial charge is 0.296 e. The molecule has 1 aliphatic rings. The number of piperazine rings is 1. The Morgan fingerprint density at radius 3 is 2.52 bits per heavy atom. The lowest BCUT2D eigenvalue weighted by Crippen LogP contribution is -2.48. The highest BCUT2D eigenvalue weighted by molar-refractivity contribution is 9.10. The van der Waals surface area contributed by atoms with Crippen LogP contribution in [-0.2, 0) is 23.1 Å². The molecule has 0 N–H and O–H groups in total. The maximum Gasteiger partial charge on any atom is 0.246 e. The molecule has 1 aromatic heterocycles. The predicted octanol–water partition coefficient (Wildman–Crippen LogP) is 2.48. The van der Waals surface area contributed by atoms with Crippen molar-refractivity contribution < 1.29 is 8.42 Å². The van der Waals surface area contributed by atoms with Gasteiger partial charge in [-0.25, -0.2) is 8.42 Å². The third-order valence-corrected chi connectivity index (χ3v) is 6.96. The number of nitrogens with zero attached hydrogens (tertiary/aromatic N) is 4. The predicted molar refractivity (Wildman–Crippen MR) is 101 cm³/mol. The van der Waals surface area contributed by atoms with Gasteiger partial charge < -0.3 is 0 Å². The van der Waals surface area contributed by atoms with Crippen LogP contribution < -0.4 is 0 Å². The number of aryl methyl sites for hydroxylation is 2. The van der Waals surface area contributed by atoms with Crippen molar-refractivity contribution in [2.24, 2.45) is 0 Å². The van der Waals surface area contributed by atoms with Gasteiger partial charge in [0.05, 0.1) is 5.69 Å². The second-order valence-corrected chi connectivity index (χ2v) is 9.07. The molecule has 1 saturated heterocycles. The first kappa shape index (κ1) is 18.6. The minimum Gasteiger partial charge on any atom is -0.296 e. The Bertz CT molecular complexity index is 842. The number of rotatable bonds is 5. The van der Waals surface area contributed by atoms with Gasteiger partial charge in [-0.1, -0.05) is 28.1 Å². The summed E-state index contributed by atoms with van der Waals surface area (Å²) in [5, 5.41) is 4.27. The van der Waals surface area contributed by atoms with Crippen LogP contribution >= 0.6 is 15.9 Å². The van der Waals surface area contributed by atoms with Crippen LogP contribution in [-0.4, -0.2) is 53.6 Å². The fraction of sp³-hybridized carbons (Fsp3) is 0.471. The maximum atomic E-state index is 12.9. The van der Waals surface area contributed by atoms with Gasteiger partial charge in [-0.2, -0.15) is 9.40 Å². The molecule has 136 valence electrons. The fourth-order valence-corrected chi connectivity index (χ4v) is 5.11. The standard InChI is InChI=1S/C17H23BrN4O2S/c1-3-21-13-17(14(2)19-21)25(23,24)22-9-7-20(8-10-22)12-15-5-4-6-16(18)11-15/h4-6,11,13H,3,7-10,12H2,1-2H3. The van der Waals surface area contributed by atoms with E-state index >= 15 is 0 Å². The van der Waals surface area contributed by atoms with E-state index in [9.17, 15) is 8.42 Å². The molecule has 0 atom stereocenters. The first-order chi connectivity index (χ1) is 11.9. The van der Waals surface area contributed by atoms with Gasteiger partial charge in [0, 0.05) is 49.9 Å². The van der Waals surface area contributed by atoms with E-state index in [0.717, 1.165) is 24.1 Å². The normalized spacial score (nSPS) is 17.1. The number of benzene rings is 1. The van der Waals surface area contributed by atoms with Crippen LogP contribution in [0.1, 0.15) is 18.2 Å². The lowest BCUT2D eigenvalue weighted by Gasteiger charge is -2.33. The second kappa shape index (κ2) is 7.57. The smallest absolute Gasteiger partial charge is 0.246 e. The summed E-state index contributed by atoms with van der Waals surface area (Å²) < 4.78 is 30.1. The molecule has 1 aromatic carbocycles.